The fraction of sp³-hybridized carbons (Fsp3) is 0.867. The molecule has 0 amide bonds. The van der Waals surface area contributed by atoms with Gasteiger partial charge in [0, 0.05) is 17.3 Å². The lowest BCUT2D eigenvalue weighted by molar-refractivity contribution is -0.231. The van der Waals surface area contributed by atoms with Crippen LogP contribution in [0.5, 0.6) is 0 Å². The second-order valence-electron chi connectivity index (χ2n) is 14.2. The number of allylic oxidation sites excluding steroid dienone is 1. The average Bonchev–Trinajstić information content (AvgIpc) is 3.12. The zero-order valence-electron chi connectivity index (χ0n) is 21.6. The first-order valence-corrected chi connectivity index (χ1v) is 13.5. The van der Waals surface area contributed by atoms with Crippen molar-refractivity contribution in [3.8, 4) is 0 Å². The maximum Gasteiger partial charge on any atom is 0.138 e. The lowest BCUT2D eigenvalue weighted by Gasteiger charge is -2.72. The average molecular weight is 439 g/mol. The first kappa shape index (κ1) is 22.9. The maximum atomic E-state index is 12.9. The van der Waals surface area contributed by atoms with Gasteiger partial charge in [-0.25, -0.2) is 0 Å². The lowest BCUT2D eigenvalue weighted by Crippen LogP contribution is -2.66. The Morgan fingerprint density at radius 3 is 2.25 bits per heavy atom. The Bertz CT molecular complexity index is 855. The van der Waals surface area contributed by atoms with Gasteiger partial charge in [0.25, 0.3) is 0 Å². The Hall–Kier alpha value is -0.920. The number of hydrogen-bond acceptors (Lipinski definition) is 2. The summed E-state index contributed by atoms with van der Waals surface area (Å²) in [5.41, 5.74) is 1.87. The summed E-state index contributed by atoms with van der Waals surface area (Å²) in [5, 5.41) is 0. The minimum absolute atomic E-state index is 0.0999. The molecule has 0 heterocycles. The van der Waals surface area contributed by atoms with E-state index in [9.17, 15) is 9.59 Å². The predicted molar refractivity (Wildman–Crippen MR) is 130 cm³/mol. The zero-order chi connectivity index (χ0) is 23.3. The molecule has 2 nitrogen and oxygen atoms in total. The number of rotatable bonds is 2. The van der Waals surface area contributed by atoms with E-state index in [4.69, 9.17) is 0 Å². The molecule has 0 aromatic carbocycles. The fourth-order valence-corrected chi connectivity index (χ4v) is 11.2. The molecule has 5 aliphatic rings. The van der Waals surface area contributed by atoms with Crippen LogP contribution in [-0.4, -0.2) is 12.1 Å². The Balaban J connectivity index is 1.56. The van der Waals surface area contributed by atoms with Gasteiger partial charge in [-0.2, -0.15) is 0 Å². The summed E-state index contributed by atoms with van der Waals surface area (Å²) in [5.74, 6) is 3.34. The van der Waals surface area contributed by atoms with Crippen molar-refractivity contribution in [1.29, 1.82) is 0 Å². The summed E-state index contributed by atoms with van der Waals surface area (Å²) in [6.45, 7) is 18.9. The summed E-state index contributed by atoms with van der Waals surface area (Å²) >= 11 is 0. The van der Waals surface area contributed by atoms with Crippen molar-refractivity contribution < 1.29 is 9.59 Å². The van der Waals surface area contributed by atoms with Crippen LogP contribution in [0, 0.1) is 56.7 Å². The third kappa shape index (κ3) is 2.54. The van der Waals surface area contributed by atoms with E-state index in [1.165, 1.54) is 44.0 Å². The molecule has 0 spiro atoms. The first-order valence-electron chi connectivity index (χ1n) is 13.5. The third-order valence-electron chi connectivity index (χ3n) is 13.1. The Kier molecular flexibility index (Phi) is 4.87. The molecular formula is C30H46O2. The highest BCUT2D eigenvalue weighted by Crippen LogP contribution is 2.77. The Morgan fingerprint density at radius 2 is 1.59 bits per heavy atom. The number of carbonyl (C=O) groups is 2. The number of Topliss-reactive ketones (excluding diaryl/α,β-unsaturated/α-hetero) is 1. The molecule has 5 fully saturated rings. The lowest BCUT2D eigenvalue weighted by atomic mass is 9.32. The van der Waals surface area contributed by atoms with Gasteiger partial charge in [0.05, 0.1) is 0 Å². The second kappa shape index (κ2) is 6.82. The molecular weight excluding hydrogens is 392 g/mol. The van der Waals surface area contributed by atoms with Crippen LogP contribution in [0.3, 0.4) is 0 Å². The maximum absolute atomic E-state index is 12.9. The topological polar surface area (TPSA) is 34.1 Å². The molecule has 0 aromatic heterocycles. The normalized spacial score (nSPS) is 54.1. The molecule has 5 rings (SSSR count). The summed E-state index contributed by atoms with van der Waals surface area (Å²) in [4.78, 5) is 25.4. The fourth-order valence-electron chi connectivity index (χ4n) is 11.2. The van der Waals surface area contributed by atoms with E-state index in [1.807, 2.05) is 0 Å². The second-order valence-corrected chi connectivity index (χ2v) is 14.2. The van der Waals surface area contributed by atoms with Crippen molar-refractivity contribution in [1.82, 2.24) is 0 Å². The smallest absolute Gasteiger partial charge is 0.138 e. The molecule has 9 atom stereocenters. The number of fused-ring (bicyclic) bond motifs is 7. The molecule has 0 N–H and O–H groups in total. The summed E-state index contributed by atoms with van der Waals surface area (Å²) < 4.78 is 0. The van der Waals surface area contributed by atoms with Gasteiger partial charge >= 0.3 is 0 Å². The van der Waals surface area contributed by atoms with Crippen LogP contribution in [-0.2, 0) is 9.59 Å². The number of ketones is 1. The van der Waals surface area contributed by atoms with E-state index >= 15 is 0 Å². The highest BCUT2D eigenvalue weighted by Gasteiger charge is 2.70. The van der Waals surface area contributed by atoms with Crippen molar-refractivity contribution in [3.63, 3.8) is 0 Å². The van der Waals surface area contributed by atoms with Crippen molar-refractivity contribution in [2.45, 2.75) is 106 Å². The van der Waals surface area contributed by atoms with Crippen molar-refractivity contribution in [2.75, 3.05) is 0 Å². The SMILES string of the molecule is C=C(C)[C@@H]1CC[C@]2(C=O)CC[C@]3(C)[C@H](CCC4[C@@]5(C)CCC(=O)C(C)(C)[C@@H]5CC[C@]43C)C12. The van der Waals surface area contributed by atoms with Crippen LogP contribution in [0.1, 0.15) is 106 Å². The van der Waals surface area contributed by atoms with Gasteiger partial charge in [-0.05, 0) is 111 Å². The van der Waals surface area contributed by atoms with Gasteiger partial charge in [-0.3, -0.25) is 4.79 Å². The zero-order valence-corrected chi connectivity index (χ0v) is 21.6. The van der Waals surface area contributed by atoms with Gasteiger partial charge < -0.3 is 4.79 Å². The molecule has 0 saturated heterocycles. The van der Waals surface area contributed by atoms with Crippen LogP contribution in [0.4, 0.5) is 0 Å². The largest absolute Gasteiger partial charge is 0.303 e. The molecule has 5 saturated carbocycles. The van der Waals surface area contributed by atoms with Crippen molar-refractivity contribution in [2.24, 2.45) is 56.7 Å². The van der Waals surface area contributed by atoms with Crippen LogP contribution >= 0.6 is 0 Å². The number of hydrogen-bond donors (Lipinski definition) is 0. The molecule has 5 aliphatic carbocycles. The standard InChI is InChI=1S/C30H46O2/c1-19(2)20-10-15-30(18-31)17-16-28(6)21(25(20)30)8-9-23-27(5)13-12-24(32)26(3,4)22(27)11-14-29(23,28)7/h18,20-23,25H,1,8-17H2,2-7H3/t20-,21+,22-,23?,25?,27-,28+,29+,30+/m0/s1. The van der Waals surface area contributed by atoms with E-state index in [0.29, 0.717) is 40.8 Å². The highest BCUT2D eigenvalue weighted by molar-refractivity contribution is 5.85. The van der Waals surface area contributed by atoms with Crippen LogP contribution < -0.4 is 0 Å². The molecule has 2 unspecified atom stereocenters. The molecule has 2 heteroatoms. The van der Waals surface area contributed by atoms with E-state index in [1.54, 1.807) is 0 Å². The summed E-state index contributed by atoms with van der Waals surface area (Å²) in [7, 11) is 0. The molecule has 0 aliphatic heterocycles. The van der Waals surface area contributed by atoms with Crippen LogP contribution in [0.15, 0.2) is 12.2 Å². The summed E-state index contributed by atoms with van der Waals surface area (Å²) in [6.07, 6.45) is 12.7. The first-order chi connectivity index (χ1) is 14.9. The van der Waals surface area contributed by atoms with Gasteiger partial charge in [-0.15, -0.1) is 0 Å². The van der Waals surface area contributed by atoms with Gasteiger partial charge in [0.1, 0.15) is 12.1 Å². The molecule has 0 bridgehead atoms. The van der Waals surface area contributed by atoms with E-state index in [2.05, 4.69) is 48.1 Å². The number of carbonyl (C=O) groups excluding carboxylic acids is 2. The van der Waals surface area contributed by atoms with Gasteiger partial charge in [0.2, 0.25) is 0 Å². The third-order valence-corrected chi connectivity index (χ3v) is 13.1. The minimum Gasteiger partial charge on any atom is -0.303 e. The molecule has 32 heavy (non-hydrogen) atoms. The minimum atomic E-state index is -0.179. The Morgan fingerprint density at radius 1 is 0.875 bits per heavy atom. The van der Waals surface area contributed by atoms with Crippen LogP contribution in [0.2, 0.25) is 0 Å². The molecule has 0 radical (unpaired) electrons. The monoisotopic (exact) mass is 438 g/mol. The van der Waals surface area contributed by atoms with E-state index in [0.717, 1.165) is 32.1 Å². The quantitative estimate of drug-likeness (QED) is 0.332. The number of aldehydes is 1. The van der Waals surface area contributed by atoms with Gasteiger partial charge in [-0.1, -0.05) is 46.8 Å². The Labute approximate surface area is 196 Å². The van der Waals surface area contributed by atoms with Gasteiger partial charge in [0.15, 0.2) is 0 Å². The van der Waals surface area contributed by atoms with E-state index < -0.39 is 0 Å². The summed E-state index contributed by atoms with van der Waals surface area (Å²) in [6, 6.07) is 0. The predicted octanol–water partition coefficient (Wildman–Crippen LogP) is 7.41. The molecule has 0 aromatic rings. The van der Waals surface area contributed by atoms with E-state index in [-0.39, 0.29) is 21.7 Å². The van der Waals surface area contributed by atoms with Crippen molar-refractivity contribution in [3.05, 3.63) is 12.2 Å². The van der Waals surface area contributed by atoms with Crippen LogP contribution in [0.25, 0.3) is 0 Å². The van der Waals surface area contributed by atoms with Crippen molar-refractivity contribution >= 4 is 12.1 Å². The highest BCUT2D eigenvalue weighted by atomic mass is 16.1. The molecule has 178 valence electrons.